The molecule has 0 aliphatic heterocycles. The smallest absolute Gasteiger partial charge is 0.306 e. The molecule has 0 bridgehead atoms. The molecule has 1 atom stereocenters. The summed E-state index contributed by atoms with van der Waals surface area (Å²) in [6.45, 7) is 6.34. The number of ether oxygens (including phenoxy) is 3. The summed E-state index contributed by atoms with van der Waals surface area (Å²) in [6, 6.07) is 0. The number of unbranched alkanes of at least 4 members (excludes halogenated alkanes) is 29. The molecule has 0 saturated carbocycles. The van der Waals surface area contributed by atoms with Crippen LogP contribution < -0.4 is 0 Å². The largest absolute Gasteiger partial charge is 0.462 e. The molecular weight excluding hydrogens is 1020 g/mol. The van der Waals surface area contributed by atoms with Crippen LogP contribution in [0.15, 0.2) is 134 Å². The zero-order valence-corrected chi connectivity index (χ0v) is 54.2. The molecule has 0 aromatic heterocycles. The van der Waals surface area contributed by atoms with E-state index in [1.165, 1.54) is 161 Å². The summed E-state index contributed by atoms with van der Waals surface area (Å²) in [7, 11) is 0. The van der Waals surface area contributed by atoms with E-state index < -0.39 is 6.10 Å². The van der Waals surface area contributed by atoms with E-state index in [0.717, 1.165) is 103 Å². The van der Waals surface area contributed by atoms with Crippen molar-refractivity contribution in [2.75, 3.05) is 13.2 Å². The maximum atomic E-state index is 12.9. The first-order chi connectivity index (χ1) is 41.0. The third-order valence-electron chi connectivity index (χ3n) is 14.6. The fourth-order valence-electron chi connectivity index (χ4n) is 9.50. The molecule has 0 radical (unpaired) electrons. The van der Waals surface area contributed by atoms with Crippen LogP contribution in [0.25, 0.3) is 0 Å². The number of allylic oxidation sites excluding steroid dienone is 22. The van der Waals surface area contributed by atoms with Crippen molar-refractivity contribution in [2.45, 2.75) is 322 Å². The first kappa shape index (κ1) is 78.5. The van der Waals surface area contributed by atoms with Gasteiger partial charge in [0.25, 0.3) is 0 Å². The van der Waals surface area contributed by atoms with Crippen LogP contribution in [-0.4, -0.2) is 37.2 Å². The molecule has 0 fully saturated rings. The molecule has 0 rings (SSSR count). The Labute approximate surface area is 513 Å². The zero-order valence-electron chi connectivity index (χ0n) is 54.2. The predicted molar refractivity (Wildman–Crippen MR) is 362 cm³/mol. The second-order valence-electron chi connectivity index (χ2n) is 22.7. The minimum atomic E-state index is -0.829. The second-order valence-corrected chi connectivity index (χ2v) is 22.7. The summed E-state index contributed by atoms with van der Waals surface area (Å²) < 4.78 is 16.8. The Morgan fingerprint density at radius 2 is 0.482 bits per heavy atom. The van der Waals surface area contributed by atoms with Gasteiger partial charge in [-0.05, 0) is 128 Å². The van der Waals surface area contributed by atoms with E-state index in [-0.39, 0.29) is 37.5 Å². The Kier molecular flexibility index (Phi) is 66.3. The van der Waals surface area contributed by atoms with E-state index in [1.807, 2.05) is 0 Å². The summed E-state index contributed by atoms with van der Waals surface area (Å²) in [5.41, 5.74) is 0. The van der Waals surface area contributed by atoms with E-state index in [1.54, 1.807) is 0 Å². The van der Waals surface area contributed by atoms with Gasteiger partial charge in [0.15, 0.2) is 6.10 Å². The van der Waals surface area contributed by atoms with Gasteiger partial charge in [0.1, 0.15) is 13.2 Å². The lowest BCUT2D eigenvalue weighted by Gasteiger charge is -2.18. The Hall–Kier alpha value is -4.45. The fourth-order valence-corrected chi connectivity index (χ4v) is 9.50. The third kappa shape index (κ3) is 68.2. The first-order valence-corrected chi connectivity index (χ1v) is 34.7. The minimum Gasteiger partial charge on any atom is -0.462 e. The molecule has 83 heavy (non-hydrogen) atoms. The van der Waals surface area contributed by atoms with Crippen molar-refractivity contribution in [3.8, 4) is 0 Å². The van der Waals surface area contributed by atoms with Crippen LogP contribution in [0, 0.1) is 0 Å². The molecule has 0 aliphatic carbocycles. The van der Waals surface area contributed by atoms with Crippen LogP contribution >= 0.6 is 0 Å². The average Bonchev–Trinajstić information content (AvgIpc) is 3.49. The van der Waals surface area contributed by atoms with Crippen molar-refractivity contribution in [3.05, 3.63) is 134 Å². The van der Waals surface area contributed by atoms with Crippen molar-refractivity contribution >= 4 is 17.9 Å². The quantitative estimate of drug-likeness (QED) is 0.0261. The first-order valence-electron chi connectivity index (χ1n) is 34.7. The zero-order chi connectivity index (χ0) is 59.9. The third-order valence-corrected chi connectivity index (χ3v) is 14.6. The summed E-state index contributed by atoms with van der Waals surface area (Å²) in [6.07, 6.45) is 99.3. The number of carbonyl (C=O) groups excluding carboxylic acids is 3. The number of carbonyl (C=O) groups is 3. The molecule has 0 aromatic carbocycles. The van der Waals surface area contributed by atoms with E-state index in [4.69, 9.17) is 14.2 Å². The fraction of sp³-hybridized carbons (Fsp3) is 0.675. The highest BCUT2D eigenvalue weighted by Crippen LogP contribution is 2.17. The van der Waals surface area contributed by atoms with Crippen LogP contribution in [0.5, 0.6) is 0 Å². The van der Waals surface area contributed by atoms with E-state index >= 15 is 0 Å². The van der Waals surface area contributed by atoms with Gasteiger partial charge in [-0.3, -0.25) is 14.4 Å². The standard InChI is InChI=1S/C77H128O6/c1-4-7-10-13-16-19-22-25-28-30-31-32-33-34-35-36-37-38-39-40-41-42-43-44-45-47-49-52-55-58-61-64-67-70-76(79)82-73-74(72-81-75(78)69-66-63-60-57-54-51-48-27-24-21-18-15-12-9-6-3)83-77(80)71-68-65-62-59-56-53-50-46-29-26-23-20-17-14-11-8-5-2/h8-9,11-12,17-18,20-22,25-27,29-31,48,50,53-54,57,59,62,74H,4-7,10,13-16,19,23-24,28,32-47,49,51-52,55-56,58,60-61,63-73H2,1-3H3/b11-8-,12-9-,20-17-,21-18-,25-22-,29-26-,31-30-,48-27-,53-50-,57-54-,62-59-. The molecule has 0 aromatic rings. The highest BCUT2D eigenvalue weighted by atomic mass is 16.6. The minimum absolute atomic E-state index is 0.115. The van der Waals surface area contributed by atoms with Gasteiger partial charge in [-0.1, -0.05) is 302 Å². The molecule has 1 unspecified atom stereocenters. The summed E-state index contributed by atoms with van der Waals surface area (Å²) in [5.74, 6) is -1.01. The molecule has 0 heterocycles. The van der Waals surface area contributed by atoms with Gasteiger partial charge < -0.3 is 14.2 Å². The Bertz CT molecular complexity index is 1750. The van der Waals surface area contributed by atoms with Crippen molar-refractivity contribution < 1.29 is 28.6 Å². The van der Waals surface area contributed by atoms with Crippen molar-refractivity contribution in [3.63, 3.8) is 0 Å². The molecule has 0 spiro atoms. The molecule has 0 N–H and O–H groups in total. The normalized spacial score (nSPS) is 13.0. The predicted octanol–water partition coefficient (Wildman–Crippen LogP) is 24.1. The molecule has 472 valence electrons. The Balaban J connectivity index is 4.26. The monoisotopic (exact) mass is 1150 g/mol. The van der Waals surface area contributed by atoms with E-state index in [2.05, 4.69) is 154 Å². The van der Waals surface area contributed by atoms with Gasteiger partial charge in [0, 0.05) is 19.3 Å². The van der Waals surface area contributed by atoms with Crippen LogP contribution in [0.1, 0.15) is 316 Å². The van der Waals surface area contributed by atoms with Crippen molar-refractivity contribution in [1.82, 2.24) is 0 Å². The molecule has 0 amide bonds. The van der Waals surface area contributed by atoms with Gasteiger partial charge in [0.05, 0.1) is 0 Å². The SMILES string of the molecule is CC/C=C\C/C=C\C/C=C\C/C=C\C/C=C\CCCC(=O)OC(COC(=O)CCCC/C=C\C/C=C\C/C=C\C/C=C\CC)COC(=O)CCCCCCCCCCCCCCCCCCCCCCC/C=C\C/C=C\CCCCCCC. The lowest BCUT2D eigenvalue weighted by Crippen LogP contribution is -2.30. The molecule has 0 saturated heterocycles. The maximum Gasteiger partial charge on any atom is 0.306 e. The lowest BCUT2D eigenvalue weighted by atomic mass is 10.0. The summed E-state index contributed by atoms with van der Waals surface area (Å²) in [5, 5.41) is 0. The van der Waals surface area contributed by atoms with Crippen LogP contribution in [0.4, 0.5) is 0 Å². The number of hydrogen-bond acceptors (Lipinski definition) is 6. The van der Waals surface area contributed by atoms with Crippen molar-refractivity contribution in [1.29, 1.82) is 0 Å². The van der Waals surface area contributed by atoms with Gasteiger partial charge in [-0.25, -0.2) is 0 Å². The topological polar surface area (TPSA) is 78.9 Å². The number of rotatable bonds is 62. The Morgan fingerprint density at radius 1 is 0.253 bits per heavy atom. The highest BCUT2D eigenvalue weighted by Gasteiger charge is 2.19. The van der Waals surface area contributed by atoms with Crippen LogP contribution in [0.2, 0.25) is 0 Å². The van der Waals surface area contributed by atoms with E-state index in [0.29, 0.717) is 25.7 Å². The summed E-state index contributed by atoms with van der Waals surface area (Å²) >= 11 is 0. The molecule has 6 nitrogen and oxygen atoms in total. The molecule has 0 aliphatic rings. The lowest BCUT2D eigenvalue weighted by molar-refractivity contribution is -0.167. The molecule has 6 heteroatoms. The average molecular weight is 1150 g/mol. The van der Waals surface area contributed by atoms with Gasteiger partial charge in [0.2, 0.25) is 0 Å². The maximum absolute atomic E-state index is 12.9. The second kappa shape index (κ2) is 70.0. The van der Waals surface area contributed by atoms with Crippen LogP contribution in [-0.2, 0) is 28.6 Å². The molecular formula is C77H128O6. The van der Waals surface area contributed by atoms with Gasteiger partial charge >= 0.3 is 17.9 Å². The van der Waals surface area contributed by atoms with Gasteiger partial charge in [-0.15, -0.1) is 0 Å². The summed E-state index contributed by atoms with van der Waals surface area (Å²) in [4.78, 5) is 38.3. The van der Waals surface area contributed by atoms with Gasteiger partial charge in [-0.2, -0.15) is 0 Å². The van der Waals surface area contributed by atoms with E-state index in [9.17, 15) is 14.4 Å². The van der Waals surface area contributed by atoms with Crippen molar-refractivity contribution in [2.24, 2.45) is 0 Å². The van der Waals surface area contributed by atoms with Crippen LogP contribution in [0.3, 0.4) is 0 Å². The number of hydrogen-bond donors (Lipinski definition) is 0. The Morgan fingerprint density at radius 3 is 0.795 bits per heavy atom. The number of esters is 3. The highest BCUT2D eigenvalue weighted by molar-refractivity contribution is 5.71.